The quantitative estimate of drug-likeness (QED) is 0.865. The van der Waals surface area contributed by atoms with Crippen molar-refractivity contribution >= 4 is 34.8 Å². The third-order valence-corrected chi connectivity index (χ3v) is 3.23. The number of carbonyl (C=O) groups is 1. The minimum atomic E-state index is -1.03. The summed E-state index contributed by atoms with van der Waals surface area (Å²) in [4.78, 5) is 27.3. The van der Waals surface area contributed by atoms with Crippen molar-refractivity contribution in [3.05, 3.63) is 53.2 Å². The van der Waals surface area contributed by atoms with Gasteiger partial charge in [-0.3, -0.25) is 4.79 Å². The number of aromatic nitrogens is 1. The highest BCUT2D eigenvalue weighted by molar-refractivity contribution is 6.30. The van der Waals surface area contributed by atoms with Crippen molar-refractivity contribution < 1.29 is 14.3 Å². The van der Waals surface area contributed by atoms with Crippen LogP contribution in [0.3, 0.4) is 0 Å². The van der Waals surface area contributed by atoms with Crippen molar-refractivity contribution in [1.29, 1.82) is 0 Å². The Bertz CT molecular complexity index is 752. The normalized spacial score (nSPS) is 15.9. The van der Waals surface area contributed by atoms with Crippen molar-refractivity contribution in [3.63, 3.8) is 0 Å². The summed E-state index contributed by atoms with van der Waals surface area (Å²) < 4.78 is 5.50. The van der Waals surface area contributed by atoms with Crippen LogP contribution < -0.4 is 10.1 Å². The third-order valence-electron chi connectivity index (χ3n) is 3.01. The smallest absolute Gasteiger partial charge is 0.272 e. The van der Waals surface area contributed by atoms with E-state index >= 15 is 0 Å². The molecule has 2 heterocycles. The molecule has 0 fully saturated rings. The van der Waals surface area contributed by atoms with Gasteiger partial charge >= 0.3 is 0 Å². The number of halogens is 1. The van der Waals surface area contributed by atoms with Crippen molar-refractivity contribution in [1.82, 2.24) is 4.98 Å². The molecule has 1 aliphatic heterocycles. The Hall–Kier alpha value is -2.62. The van der Waals surface area contributed by atoms with Crippen LogP contribution >= 0.6 is 11.6 Å². The number of hydrogen-bond donors (Lipinski definition) is 1. The maximum atomic E-state index is 12.2. The standard InChI is InChI=1S/C15H9ClN2O3/c16-9-5-6-13(17-7-9)18-15(20)14-11(8-19)10-3-1-2-4-12(10)21-14/h1-7,14H,(H,17,18,20). The van der Waals surface area contributed by atoms with E-state index in [0.29, 0.717) is 22.2 Å². The fourth-order valence-corrected chi connectivity index (χ4v) is 2.17. The highest BCUT2D eigenvalue weighted by Crippen LogP contribution is 2.36. The number of pyridine rings is 1. The van der Waals surface area contributed by atoms with Gasteiger partial charge in [0.05, 0.1) is 10.6 Å². The Morgan fingerprint density at radius 3 is 2.81 bits per heavy atom. The van der Waals surface area contributed by atoms with Gasteiger partial charge in [0.1, 0.15) is 17.5 Å². The minimum Gasteiger partial charge on any atom is -0.474 e. The summed E-state index contributed by atoms with van der Waals surface area (Å²) in [7, 11) is 0. The summed E-state index contributed by atoms with van der Waals surface area (Å²) in [5.41, 5.74) is 0.758. The van der Waals surface area contributed by atoms with Gasteiger partial charge in [-0.1, -0.05) is 29.8 Å². The lowest BCUT2D eigenvalue weighted by Crippen LogP contribution is -2.31. The average molecular weight is 301 g/mol. The van der Waals surface area contributed by atoms with E-state index in [4.69, 9.17) is 16.3 Å². The summed E-state index contributed by atoms with van der Waals surface area (Å²) in [6.07, 6.45) is 0.384. The number of hydrogen-bond acceptors (Lipinski definition) is 4. The van der Waals surface area contributed by atoms with Crippen LogP contribution in [-0.4, -0.2) is 22.9 Å². The zero-order valence-electron chi connectivity index (χ0n) is 10.7. The second kappa shape index (κ2) is 5.40. The van der Waals surface area contributed by atoms with Gasteiger partial charge in [-0.25, -0.2) is 9.78 Å². The van der Waals surface area contributed by atoms with E-state index in [1.807, 2.05) is 0 Å². The van der Waals surface area contributed by atoms with Gasteiger partial charge in [-0.15, -0.1) is 0 Å². The van der Waals surface area contributed by atoms with E-state index < -0.39 is 12.0 Å². The summed E-state index contributed by atoms with van der Waals surface area (Å²) in [6.45, 7) is 0. The largest absolute Gasteiger partial charge is 0.474 e. The van der Waals surface area contributed by atoms with Crippen molar-refractivity contribution in [2.24, 2.45) is 0 Å². The van der Waals surface area contributed by atoms with E-state index in [2.05, 4.69) is 10.3 Å². The zero-order valence-corrected chi connectivity index (χ0v) is 11.4. The number of amides is 1. The van der Waals surface area contributed by atoms with Crippen molar-refractivity contribution in [3.8, 4) is 5.75 Å². The molecule has 2 aromatic rings. The number of nitrogens with one attached hydrogen (secondary N) is 1. The van der Waals surface area contributed by atoms with Gasteiger partial charge in [0.15, 0.2) is 0 Å². The second-order valence-electron chi connectivity index (χ2n) is 4.36. The van der Waals surface area contributed by atoms with Crippen molar-refractivity contribution in [2.75, 3.05) is 5.32 Å². The molecule has 5 nitrogen and oxygen atoms in total. The number of fused-ring (bicyclic) bond motifs is 1. The molecule has 3 rings (SSSR count). The Morgan fingerprint density at radius 1 is 1.29 bits per heavy atom. The number of carbonyl (C=O) groups excluding carboxylic acids is 2. The number of nitrogens with zero attached hydrogens (tertiary/aromatic N) is 1. The van der Waals surface area contributed by atoms with Crippen LogP contribution in [0.1, 0.15) is 5.56 Å². The van der Waals surface area contributed by atoms with Crippen LogP contribution in [0.5, 0.6) is 5.75 Å². The summed E-state index contributed by atoms with van der Waals surface area (Å²) >= 11 is 5.73. The van der Waals surface area contributed by atoms with Gasteiger partial charge in [0.25, 0.3) is 5.91 Å². The molecule has 0 spiro atoms. The molecule has 1 unspecified atom stereocenters. The number of benzene rings is 1. The average Bonchev–Trinajstić information content (AvgIpc) is 2.88. The predicted octanol–water partition coefficient (Wildman–Crippen LogP) is 2.35. The molecule has 1 aliphatic rings. The first-order valence-electron chi connectivity index (χ1n) is 6.12. The molecule has 0 aliphatic carbocycles. The van der Waals surface area contributed by atoms with E-state index in [0.717, 1.165) is 0 Å². The number of para-hydroxylation sites is 1. The van der Waals surface area contributed by atoms with Crippen LogP contribution in [0.15, 0.2) is 42.6 Å². The van der Waals surface area contributed by atoms with Crippen LogP contribution in [0.2, 0.25) is 5.02 Å². The highest BCUT2D eigenvalue weighted by atomic mass is 35.5. The molecule has 21 heavy (non-hydrogen) atoms. The lowest BCUT2D eigenvalue weighted by Gasteiger charge is -2.10. The third kappa shape index (κ3) is 2.52. The van der Waals surface area contributed by atoms with E-state index in [9.17, 15) is 9.59 Å². The molecule has 0 radical (unpaired) electrons. The molecule has 0 saturated carbocycles. The van der Waals surface area contributed by atoms with E-state index in [-0.39, 0.29) is 5.57 Å². The zero-order chi connectivity index (χ0) is 14.8. The highest BCUT2D eigenvalue weighted by Gasteiger charge is 2.35. The number of rotatable bonds is 2. The second-order valence-corrected chi connectivity index (χ2v) is 4.80. The number of ether oxygens (including phenoxy) is 1. The maximum Gasteiger partial charge on any atom is 0.272 e. The monoisotopic (exact) mass is 300 g/mol. The van der Waals surface area contributed by atoms with Gasteiger partial charge in [-0.05, 0) is 18.2 Å². The molecule has 0 bridgehead atoms. The first kappa shape index (κ1) is 13.4. The van der Waals surface area contributed by atoms with Crippen LogP contribution in [0, 0.1) is 0 Å². The first-order valence-corrected chi connectivity index (χ1v) is 6.50. The summed E-state index contributed by atoms with van der Waals surface area (Å²) in [5, 5.41) is 3.04. The Kier molecular flexibility index (Phi) is 3.44. The number of anilines is 1. The molecule has 104 valence electrons. The fourth-order valence-electron chi connectivity index (χ4n) is 2.05. The Labute approximate surface area is 125 Å². The van der Waals surface area contributed by atoms with E-state index in [1.54, 1.807) is 42.3 Å². The van der Waals surface area contributed by atoms with E-state index in [1.165, 1.54) is 6.20 Å². The molecule has 0 saturated heterocycles. The Balaban J connectivity index is 1.83. The van der Waals surface area contributed by atoms with Gasteiger partial charge < -0.3 is 10.1 Å². The summed E-state index contributed by atoms with van der Waals surface area (Å²) in [6, 6.07) is 10.1. The molecular formula is C15H9ClN2O3. The molecule has 1 amide bonds. The van der Waals surface area contributed by atoms with Crippen LogP contribution in [0.25, 0.3) is 5.57 Å². The van der Waals surface area contributed by atoms with Gasteiger partial charge in [-0.2, -0.15) is 0 Å². The molecular weight excluding hydrogens is 292 g/mol. The van der Waals surface area contributed by atoms with Gasteiger partial charge in [0, 0.05) is 11.8 Å². The predicted molar refractivity (Wildman–Crippen MR) is 77.8 cm³/mol. The first-order chi connectivity index (χ1) is 10.2. The molecule has 6 heteroatoms. The van der Waals surface area contributed by atoms with Gasteiger partial charge in [0.2, 0.25) is 6.10 Å². The lowest BCUT2D eigenvalue weighted by molar-refractivity contribution is -0.120. The van der Waals surface area contributed by atoms with Crippen LogP contribution in [0.4, 0.5) is 5.82 Å². The maximum absolute atomic E-state index is 12.2. The Morgan fingerprint density at radius 2 is 2.10 bits per heavy atom. The topological polar surface area (TPSA) is 68.3 Å². The molecule has 1 N–H and O–H groups in total. The minimum absolute atomic E-state index is 0.178. The molecule has 1 atom stereocenters. The summed E-state index contributed by atoms with van der Waals surface area (Å²) in [5.74, 6) is 2.11. The SMILES string of the molecule is O=C=C1c2ccccc2OC1C(=O)Nc1ccc(Cl)cn1. The van der Waals surface area contributed by atoms with Crippen LogP contribution in [-0.2, 0) is 9.59 Å². The fraction of sp³-hybridized carbons (Fsp3) is 0.0667. The van der Waals surface area contributed by atoms with Crippen molar-refractivity contribution in [2.45, 2.75) is 6.10 Å². The molecule has 1 aromatic carbocycles. The lowest BCUT2D eigenvalue weighted by atomic mass is 10.0. The molecule has 1 aromatic heterocycles.